The normalized spacial score (nSPS) is 11.6. The van der Waals surface area contributed by atoms with Crippen LogP contribution in [0.25, 0.3) is 0 Å². The van der Waals surface area contributed by atoms with E-state index in [1.807, 2.05) is 0 Å². The second-order valence-corrected chi connectivity index (χ2v) is 11.5. The number of carboxylic acids is 2. The Morgan fingerprint density at radius 2 is 0.894 bits per heavy atom. The van der Waals surface area contributed by atoms with Gasteiger partial charge in [-0.2, -0.15) is 0 Å². The standard InChI is InChI=1S/C33H62N4O10/c1-34-28(33(43)44)14-10-11-19-35-30(39)17-18-31(40)37-21-13-23-46-25-27-47-26-24-45-22-12-20-36-29(38)15-8-6-4-2-3-5-7-9-16-32(41)42/h28,34H,2-27H2,1H3,(H,35,39)(H,36,38)(H,37,40)(H,41,42)(H,43,44)/t28-/m0/s1. The first kappa shape index (κ1) is 44.2. The van der Waals surface area contributed by atoms with Crippen LogP contribution in [0, 0.1) is 0 Å². The zero-order valence-electron chi connectivity index (χ0n) is 28.6. The zero-order valence-corrected chi connectivity index (χ0v) is 28.6. The molecule has 47 heavy (non-hydrogen) atoms. The van der Waals surface area contributed by atoms with Crippen LogP contribution in [0.4, 0.5) is 0 Å². The molecule has 0 rings (SSSR count). The average Bonchev–Trinajstić information content (AvgIpc) is 3.04. The molecular formula is C33H62N4O10. The Morgan fingerprint density at radius 1 is 0.489 bits per heavy atom. The SMILES string of the molecule is CN[C@@H](CCCCNC(=O)CCC(=O)NCCCOCCOCCOCCCNC(=O)CCCCCCCCCCC(=O)O)C(=O)O. The van der Waals surface area contributed by atoms with Crippen molar-refractivity contribution in [1.82, 2.24) is 21.3 Å². The molecule has 0 saturated heterocycles. The van der Waals surface area contributed by atoms with Gasteiger partial charge >= 0.3 is 11.9 Å². The molecule has 0 aromatic rings. The lowest BCUT2D eigenvalue weighted by Crippen LogP contribution is -2.34. The summed E-state index contributed by atoms with van der Waals surface area (Å²) in [7, 11) is 1.61. The molecule has 6 N–H and O–H groups in total. The first-order chi connectivity index (χ1) is 22.8. The van der Waals surface area contributed by atoms with Gasteiger partial charge in [-0.05, 0) is 52.0 Å². The molecule has 0 fully saturated rings. The lowest BCUT2D eigenvalue weighted by atomic mass is 10.1. The Balaban J connectivity index is 3.35. The van der Waals surface area contributed by atoms with Crippen LogP contribution in [-0.2, 0) is 38.2 Å². The molecule has 14 heteroatoms. The van der Waals surface area contributed by atoms with Crippen molar-refractivity contribution in [1.29, 1.82) is 0 Å². The van der Waals surface area contributed by atoms with Gasteiger partial charge in [0.25, 0.3) is 0 Å². The third kappa shape index (κ3) is 32.9. The Kier molecular flexibility index (Phi) is 31.1. The van der Waals surface area contributed by atoms with Crippen molar-refractivity contribution in [2.75, 3.05) is 66.3 Å². The average molecular weight is 675 g/mol. The summed E-state index contributed by atoms with van der Waals surface area (Å²) in [6.07, 6.45) is 12.4. The molecule has 0 bridgehead atoms. The molecule has 0 spiro atoms. The maximum Gasteiger partial charge on any atom is 0.320 e. The van der Waals surface area contributed by atoms with Gasteiger partial charge in [0, 0.05) is 58.5 Å². The molecule has 0 aliphatic carbocycles. The highest BCUT2D eigenvalue weighted by atomic mass is 16.5. The molecule has 1 atom stereocenters. The molecule has 274 valence electrons. The van der Waals surface area contributed by atoms with Crippen molar-refractivity contribution in [3.8, 4) is 0 Å². The molecule has 0 heterocycles. The minimum atomic E-state index is -0.885. The monoisotopic (exact) mass is 674 g/mol. The second kappa shape index (κ2) is 33.1. The number of unbranched alkanes of at least 4 members (excludes halogenated alkanes) is 8. The first-order valence-corrected chi connectivity index (χ1v) is 17.4. The fraction of sp³-hybridized carbons (Fsp3) is 0.848. The molecular weight excluding hydrogens is 612 g/mol. The minimum absolute atomic E-state index is 0.0768. The first-order valence-electron chi connectivity index (χ1n) is 17.4. The van der Waals surface area contributed by atoms with Crippen molar-refractivity contribution in [2.24, 2.45) is 0 Å². The van der Waals surface area contributed by atoms with Crippen molar-refractivity contribution in [2.45, 2.75) is 115 Å². The number of likely N-dealkylation sites (N-methyl/N-ethyl adjacent to an activating group) is 1. The Bertz CT molecular complexity index is 831. The van der Waals surface area contributed by atoms with Crippen molar-refractivity contribution in [3.05, 3.63) is 0 Å². The van der Waals surface area contributed by atoms with E-state index in [0.717, 1.165) is 57.8 Å². The number of carbonyl (C=O) groups is 5. The van der Waals surface area contributed by atoms with Crippen LogP contribution in [0.2, 0.25) is 0 Å². The Labute approximate surface area is 280 Å². The zero-order chi connectivity index (χ0) is 34.8. The number of carbonyl (C=O) groups excluding carboxylic acids is 3. The highest BCUT2D eigenvalue weighted by molar-refractivity contribution is 5.83. The van der Waals surface area contributed by atoms with Crippen LogP contribution in [-0.4, -0.2) is 112 Å². The third-order valence-electron chi connectivity index (χ3n) is 7.33. The van der Waals surface area contributed by atoms with Gasteiger partial charge in [-0.25, -0.2) is 0 Å². The summed E-state index contributed by atoms with van der Waals surface area (Å²) in [5.41, 5.74) is 0. The number of aliphatic carboxylic acids is 2. The van der Waals surface area contributed by atoms with Gasteiger partial charge in [0.05, 0.1) is 26.4 Å². The van der Waals surface area contributed by atoms with Gasteiger partial charge in [-0.15, -0.1) is 0 Å². The van der Waals surface area contributed by atoms with Gasteiger partial charge in [0.1, 0.15) is 6.04 Å². The van der Waals surface area contributed by atoms with Gasteiger partial charge in [0.2, 0.25) is 17.7 Å². The van der Waals surface area contributed by atoms with Gasteiger partial charge in [-0.3, -0.25) is 24.0 Å². The van der Waals surface area contributed by atoms with E-state index in [4.69, 9.17) is 24.4 Å². The van der Waals surface area contributed by atoms with E-state index >= 15 is 0 Å². The van der Waals surface area contributed by atoms with Crippen molar-refractivity contribution < 1.29 is 48.4 Å². The molecule has 3 amide bonds. The van der Waals surface area contributed by atoms with E-state index in [0.29, 0.717) is 91.4 Å². The highest BCUT2D eigenvalue weighted by Gasteiger charge is 2.13. The van der Waals surface area contributed by atoms with E-state index in [2.05, 4.69) is 21.3 Å². The molecule has 0 saturated carbocycles. The number of rotatable bonds is 35. The molecule has 0 aliphatic rings. The summed E-state index contributed by atoms with van der Waals surface area (Å²) in [6.45, 7) is 4.38. The number of ether oxygens (including phenoxy) is 3. The van der Waals surface area contributed by atoms with Crippen LogP contribution >= 0.6 is 0 Å². The van der Waals surface area contributed by atoms with Crippen LogP contribution in [0.5, 0.6) is 0 Å². The predicted octanol–water partition coefficient (Wildman–Crippen LogP) is 2.77. The molecule has 0 unspecified atom stereocenters. The highest BCUT2D eigenvalue weighted by Crippen LogP contribution is 2.10. The lowest BCUT2D eigenvalue weighted by molar-refractivity contribution is -0.139. The third-order valence-corrected chi connectivity index (χ3v) is 7.33. The number of carboxylic acid groups (broad SMARTS) is 2. The van der Waals surface area contributed by atoms with Crippen LogP contribution in [0.3, 0.4) is 0 Å². The van der Waals surface area contributed by atoms with E-state index < -0.39 is 18.0 Å². The quantitative estimate of drug-likeness (QED) is 0.0540. The molecule has 14 nitrogen and oxygen atoms in total. The largest absolute Gasteiger partial charge is 0.481 e. The van der Waals surface area contributed by atoms with Crippen molar-refractivity contribution >= 4 is 29.7 Å². The van der Waals surface area contributed by atoms with E-state index in [-0.39, 0.29) is 37.0 Å². The van der Waals surface area contributed by atoms with Crippen LogP contribution in [0.15, 0.2) is 0 Å². The molecule has 0 aliphatic heterocycles. The van der Waals surface area contributed by atoms with E-state index in [1.54, 1.807) is 7.05 Å². The summed E-state index contributed by atoms with van der Waals surface area (Å²) in [5.74, 6) is -1.92. The minimum Gasteiger partial charge on any atom is -0.481 e. The van der Waals surface area contributed by atoms with E-state index in [1.165, 1.54) is 0 Å². The maximum absolute atomic E-state index is 11.9. The Hall–Kier alpha value is -2.81. The van der Waals surface area contributed by atoms with Gasteiger partial charge in [0.15, 0.2) is 0 Å². The number of nitrogens with one attached hydrogen (secondary N) is 4. The fourth-order valence-electron chi connectivity index (χ4n) is 4.55. The summed E-state index contributed by atoms with van der Waals surface area (Å²) in [5, 5.41) is 28.8. The fourth-order valence-corrected chi connectivity index (χ4v) is 4.55. The number of hydrogen-bond donors (Lipinski definition) is 6. The van der Waals surface area contributed by atoms with Crippen molar-refractivity contribution in [3.63, 3.8) is 0 Å². The van der Waals surface area contributed by atoms with Gasteiger partial charge < -0.3 is 45.7 Å². The van der Waals surface area contributed by atoms with Gasteiger partial charge in [-0.1, -0.05) is 38.5 Å². The summed E-state index contributed by atoms with van der Waals surface area (Å²) in [4.78, 5) is 57.1. The molecule has 0 aromatic carbocycles. The Morgan fingerprint density at radius 3 is 1.34 bits per heavy atom. The smallest absolute Gasteiger partial charge is 0.320 e. The second-order valence-electron chi connectivity index (χ2n) is 11.5. The molecule has 0 radical (unpaired) electrons. The summed E-state index contributed by atoms with van der Waals surface area (Å²) >= 11 is 0. The van der Waals surface area contributed by atoms with Crippen LogP contribution in [0.1, 0.15) is 109 Å². The predicted molar refractivity (Wildman–Crippen MR) is 178 cm³/mol. The number of hydrogen-bond acceptors (Lipinski definition) is 9. The van der Waals surface area contributed by atoms with E-state index in [9.17, 15) is 24.0 Å². The lowest BCUT2D eigenvalue weighted by Gasteiger charge is -2.11. The number of amides is 3. The summed E-state index contributed by atoms with van der Waals surface area (Å²) < 4.78 is 16.5. The van der Waals surface area contributed by atoms with Crippen LogP contribution < -0.4 is 21.3 Å². The maximum atomic E-state index is 11.9. The molecule has 0 aromatic heterocycles. The topological polar surface area (TPSA) is 202 Å². The summed E-state index contributed by atoms with van der Waals surface area (Å²) in [6, 6.07) is -0.580.